The Hall–Kier alpha value is -2.45. The number of carbonyl (C=O) groups is 1. The van der Waals surface area contributed by atoms with Crippen LogP contribution >= 0.6 is 0 Å². The summed E-state index contributed by atoms with van der Waals surface area (Å²) in [6, 6.07) is 10.5. The van der Waals surface area contributed by atoms with E-state index in [1.807, 2.05) is 18.2 Å². The fraction of sp³-hybridized carbons (Fsp3) is 0.478. The summed E-state index contributed by atoms with van der Waals surface area (Å²) < 4.78 is 33.7. The first kappa shape index (κ1) is 21.8. The Bertz CT molecular complexity index is 1010. The van der Waals surface area contributed by atoms with Crippen molar-refractivity contribution in [1.29, 1.82) is 0 Å². The molecule has 4 rings (SSSR count). The van der Waals surface area contributed by atoms with Crippen LogP contribution in [0.25, 0.3) is 0 Å². The third-order valence-electron chi connectivity index (χ3n) is 5.90. The molecule has 1 aliphatic carbocycles. The van der Waals surface area contributed by atoms with E-state index < -0.39 is 10.0 Å². The molecule has 8 heteroatoms. The van der Waals surface area contributed by atoms with Gasteiger partial charge in [0.25, 0.3) is 5.91 Å². The van der Waals surface area contributed by atoms with E-state index in [0.29, 0.717) is 25.2 Å². The van der Waals surface area contributed by atoms with Crippen molar-refractivity contribution >= 4 is 15.9 Å². The predicted molar refractivity (Wildman–Crippen MR) is 117 cm³/mol. The van der Waals surface area contributed by atoms with Crippen LogP contribution in [0, 0.1) is 0 Å². The molecule has 1 amide bonds. The van der Waals surface area contributed by atoms with E-state index in [2.05, 4.69) is 4.98 Å². The van der Waals surface area contributed by atoms with Crippen LogP contribution < -0.4 is 4.74 Å². The molecule has 31 heavy (non-hydrogen) atoms. The van der Waals surface area contributed by atoms with Gasteiger partial charge in [-0.3, -0.25) is 9.78 Å². The molecule has 7 nitrogen and oxygen atoms in total. The highest BCUT2D eigenvalue weighted by molar-refractivity contribution is 7.89. The molecule has 2 heterocycles. The number of benzene rings is 1. The molecule has 0 N–H and O–H groups in total. The largest absolute Gasteiger partial charge is 0.495 e. The Morgan fingerprint density at radius 2 is 1.87 bits per heavy atom. The maximum atomic E-state index is 13.4. The smallest absolute Gasteiger partial charge is 0.254 e. The standard InChI is InChI=1S/C23H29N3O4S/c1-30-21-12-9-18(16-22(21)31(28,29)25-14-6-2-3-7-15-25)23(27)26(20-10-11-20)17-19-8-4-5-13-24-19/h4-5,8-9,12-13,16,20H,2-3,6-7,10-11,14-15,17H2,1H3. The molecule has 0 bridgehead atoms. The average Bonchev–Trinajstić information content (AvgIpc) is 3.64. The van der Waals surface area contributed by atoms with Gasteiger partial charge in [0.1, 0.15) is 10.6 Å². The normalized spacial score (nSPS) is 17.7. The molecule has 0 atom stereocenters. The lowest BCUT2D eigenvalue weighted by molar-refractivity contribution is 0.0727. The van der Waals surface area contributed by atoms with Gasteiger partial charge in [-0.1, -0.05) is 18.9 Å². The average molecular weight is 444 g/mol. The van der Waals surface area contributed by atoms with Gasteiger partial charge in [-0.15, -0.1) is 0 Å². The number of ether oxygens (including phenoxy) is 1. The summed E-state index contributed by atoms with van der Waals surface area (Å²) in [6.07, 6.45) is 7.38. The molecule has 1 aromatic carbocycles. The Morgan fingerprint density at radius 1 is 1.13 bits per heavy atom. The van der Waals surface area contributed by atoms with Crippen molar-refractivity contribution in [2.45, 2.75) is 56.0 Å². The lowest BCUT2D eigenvalue weighted by Crippen LogP contribution is -2.34. The van der Waals surface area contributed by atoms with Crippen LogP contribution in [-0.2, 0) is 16.6 Å². The summed E-state index contributed by atoms with van der Waals surface area (Å²) >= 11 is 0. The molecule has 0 spiro atoms. The molecule has 1 aromatic heterocycles. The zero-order chi connectivity index (χ0) is 21.8. The van der Waals surface area contributed by atoms with Gasteiger partial charge in [0.2, 0.25) is 10.0 Å². The van der Waals surface area contributed by atoms with Crippen LogP contribution in [0.5, 0.6) is 5.75 Å². The number of pyridine rings is 1. The van der Waals surface area contributed by atoms with Gasteiger partial charge in [0.05, 0.1) is 19.3 Å². The number of amides is 1. The van der Waals surface area contributed by atoms with Crippen molar-refractivity contribution in [3.8, 4) is 5.75 Å². The van der Waals surface area contributed by atoms with Crippen molar-refractivity contribution in [3.05, 3.63) is 53.9 Å². The van der Waals surface area contributed by atoms with E-state index in [4.69, 9.17) is 4.74 Å². The minimum Gasteiger partial charge on any atom is -0.495 e. The first-order valence-electron chi connectivity index (χ1n) is 10.9. The van der Waals surface area contributed by atoms with Gasteiger partial charge in [-0.2, -0.15) is 4.31 Å². The first-order valence-corrected chi connectivity index (χ1v) is 12.3. The van der Waals surface area contributed by atoms with Crippen molar-refractivity contribution in [2.75, 3.05) is 20.2 Å². The van der Waals surface area contributed by atoms with E-state index in [-0.39, 0.29) is 22.6 Å². The molecule has 1 saturated heterocycles. The Kier molecular flexibility index (Phi) is 6.57. The van der Waals surface area contributed by atoms with Crippen molar-refractivity contribution < 1.29 is 17.9 Å². The lowest BCUT2D eigenvalue weighted by atomic mass is 10.1. The van der Waals surface area contributed by atoms with Gasteiger partial charge in [-0.05, 0) is 56.0 Å². The summed E-state index contributed by atoms with van der Waals surface area (Å²) in [7, 11) is -2.29. The van der Waals surface area contributed by atoms with E-state index in [0.717, 1.165) is 44.2 Å². The highest BCUT2D eigenvalue weighted by Gasteiger charge is 2.35. The number of hydrogen-bond acceptors (Lipinski definition) is 5. The van der Waals surface area contributed by atoms with E-state index in [9.17, 15) is 13.2 Å². The summed E-state index contributed by atoms with van der Waals surface area (Å²) in [5.41, 5.74) is 1.17. The summed E-state index contributed by atoms with van der Waals surface area (Å²) in [6.45, 7) is 1.40. The Morgan fingerprint density at radius 3 is 2.48 bits per heavy atom. The molecule has 1 saturated carbocycles. The van der Waals surface area contributed by atoms with Crippen LogP contribution in [0.1, 0.15) is 54.6 Å². The van der Waals surface area contributed by atoms with Gasteiger partial charge >= 0.3 is 0 Å². The third-order valence-corrected chi connectivity index (χ3v) is 7.82. The van der Waals surface area contributed by atoms with Crippen molar-refractivity contribution in [3.63, 3.8) is 0 Å². The zero-order valence-electron chi connectivity index (χ0n) is 17.9. The number of aromatic nitrogens is 1. The molecule has 166 valence electrons. The second-order valence-electron chi connectivity index (χ2n) is 8.17. The van der Waals surface area contributed by atoms with Gasteiger partial charge in [0.15, 0.2) is 0 Å². The fourth-order valence-corrected chi connectivity index (χ4v) is 5.72. The Balaban J connectivity index is 1.65. The van der Waals surface area contributed by atoms with E-state index in [1.54, 1.807) is 23.2 Å². The highest BCUT2D eigenvalue weighted by Crippen LogP contribution is 2.33. The van der Waals surface area contributed by atoms with Crippen LogP contribution in [0.4, 0.5) is 0 Å². The van der Waals surface area contributed by atoms with Crippen molar-refractivity contribution in [2.24, 2.45) is 0 Å². The van der Waals surface area contributed by atoms with Gasteiger partial charge in [0, 0.05) is 30.9 Å². The molecule has 1 aliphatic heterocycles. The fourth-order valence-electron chi connectivity index (χ4n) is 4.02. The molecule has 2 aliphatic rings. The predicted octanol–water partition coefficient (Wildman–Crippen LogP) is 3.46. The van der Waals surface area contributed by atoms with Crippen LogP contribution in [-0.4, -0.2) is 54.8 Å². The van der Waals surface area contributed by atoms with E-state index in [1.165, 1.54) is 17.5 Å². The molecular formula is C23H29N3O4S. The Labute approximate surface area is 184 Å². The number of methoxy groups -OCH3 is 1. The number of nitrogens with zero attached hydrogens (tertiary/aromatic N) is 3. The summed E-state index contributed by atoms with van der Waals surface area (Å²) in [4.78, 5) is 19.6. The highest BCUT2D eigenvalue weighted by atomic mass is 32.2. The molecule has 2 aromatic rings. The minimum absolute atomic E-state index is 0.0660. The number of sulfonamides is 1. The maximum absolute atomic E-state index is 13.4. The number of hydrogen-bond donors (Lipinski definition) is 0. The minimum atomic E-state index is -3.75. The van der Waals surface area contributed by atoms with Crippen LogP contribution in [0.15, 0.2) is 47.5 Å². The second kappa shape index (κ2) is 9.36. The zero-order valence-corrected chi connectivity index (χ0v) is 18.7. The maximum Gasteiger partial charge on any atom is 0.254 e. The molecule has 0 unspecified atom stereocenters. The van der Waals surface area contributed by atoms with Crippen molar-refractivity contribution in [1.82, 2.24) is 14.2 Å². The van der Waals surface area contributed by atoms with Crippen LogP contribution in [0.3, 0.4) is 0 Å². The SMILES string of the molecule is COc1ccc(C(=O)N(Cc2ccccn2)C2CC2)cc1S(=O)(=O)N1CCCCCC1. The summed E-state index contributed by atoms with van der Waals surface area (Å²) in [5.74, 6) is 0.0895. The number of rotatable bonds is 7. The monoisotopic (exact) mass is 443 g/mol. The molecular weight excluding hydrogens is 414 g/mol. The first-order chi connectivity index (χ1) is 15.0. The van der Waals surface area contributed by atoms with E-state index >= 15 is 0 Å². The summed E-state index contributed by atoms with van der Waals surface area (Å²) in [5, 5.41) is 0. The topological polar surface area (TPSA) is 79.8 Å². The van der Waals surface area contributed by atoms with Gasteiger partial charge < -0.3 is 9.64 Å². The quantitative estimate of drug-likeness (QED) is 0.655. The third kappa shape index (κ3) is 4.91. The molecule has 0 radical (unpaired) electrons. The lowest BCUT2D eigenvalue weighted by Gasteiger charge is -2.24. The van der Waals surface area contributed by atoms with Gasteiger partial charge in [-0.25, -0.2) is 8.42 Å². The molecule has 2 fully saturated rings. The van der Waals surface area contributed by atoms with Crippen LogP contribution in [0.2, 0.25) is 0 Å². The number of carbonyl (C=O) groups excluding carboxylic acids is 1. The second-order valence-corrected chi connectivity index (χ2v) is 10.1.